The molecule has 1 amide bonds. The minimum Gasteiger partial charge on any atom is -0.496 e. The summed E-state index contributed by atoms with van der Waals surface area (Å²) in [5, 5.41) is 1.94. The van der Waals surface area contributed by atoms with Crippen LogP contribution in [0.15, 0.2) is 47.7 Å². The SMILES string of the molecule is COc1cc(C(=O)N2[C@@H](c3cscn3)[C@@H](c3cnccn3)C[C@@]2(CC(C)C)C(=O)OC(C)(C)C)ccc1C(C)(C)C. The largest absolute Gasteiger partial charge is 0.496 e. The van der Waals surface area contributed by atoms with Gasteiger partial charge in [-0.2, -0.15) is 0 Å². The third kappa shape index (κ3) is 6.30. The summed E-state index contributed by atoms with van der Waals surface area (Å²) in [6.45, 7) is 16.0. The Hall–Kier alpha value is -3.33. The van der Waals surface area contributed by atoms with Crippen LogP contribution in [-0.2, 0) is 14.9 Å². The van der Waals surface area contributed by atoms with Crippen molar-refractivity contribution >= 4 is 23.2 Å². The molecule has 1 fully saturated rings. The van der Waals surface area contributed by atoms with Crippen LogP contribution in [0.25, 0.3) is 0 Å². The van der Waals surface area contributed by atoms with E-state index in [4.69, 9.17) is 9.47 Å². The van der Waals surface area contributed by atoms with Crippen LogP contribution in [0, 0.1) is 5.92 Å². The number of ether oxygens (including phenoxy) is 2. The van der Waals surface area contributed by atoms with Crippen LogP contribution >= 0.6 is 11.3 Å². The van der Waals surface area contributed by atoms with Crippen LogP contribution in [0.5, 0.6) is 5.75 Å². The summed E-state index contributed by atoms with van der Waals surface area (Å²) >= 11 is 1.46. The second-order valence-corrected chi connectivity index (χ2v) is 14.0. The quantitative estimate of drug-likeness (QED) is 0.287. The van der Waals surface area contributed by atoms with Crippen LogP contribution in [0.2, 0.25) is 0 Å². The number of amides is 1. The topological polar surface area (TPSA) is 94.5 Å². The maximum atomic E-state index is 14.8. The maximum Gasteiger partial charge on any atom is 0.332 e. The minimum atomic E-state index is -1.26. The van der Waals surface area contributed by atoms with Crippen molar-refractivity contribution < 1.29 is 19.1 Å². The second kappa shape index (κ2) is 11.5. The van der Waals surface area contributed by atoms with E-state index in [1.54, 1.807) is 42.2 Å². The van der Waals surface area contributed by atoms with E-state index >= 15 is 0 Å². The van der Waals surface area contributed by atoms with Gasteiger partial charge in [0.15, 0.2) is 0 Å². The first kappa shape index (κ1) is 30.6. The molecule has 1 aromatic carbocycles. The van der Waals surface area contributed by atoms with Gasteiger partial charge in [0, 0.05) is 35.5 Å². The molecule has 1 aliphatic heterocycles. The predicted octanol–water partition coefficient (Wildman–Crippen LogP) is 6.74. The van der Waals surface area contributed by atoms with Gasteiger partial charge in [-0.15, -0.1) is 11.3 Å². The van der Waals surface area contributed by atoms with Crippen molar-refractivity contribution in [2.45, 2.75) is 96.7 Å². The molecule has 0 bridgehead atoms. The molecule has 9 heteroatoms. The number of carbonyl (C=O) groups excluding carboxylic acids is 2. The molecule has 8 nitrogen and oxygen atoms in total. The van der Waals surface area contributed by atoms with Gasteiger partial charge in [0.1, 0.15) is 16.9 Å². The van der Waals surface area contributed by atoms with Crippen molar-refractivity contribution in [1.29, 1.82) is 0 Å². The summed E-state index contributed by atoms with van der Waals surface area (Å²) in [6.07, 6.45) is 5.74. The summed E-state index contributed by atoms with van der Waals surface area (Å²) in [4.78, 5) is 44.6. The molecule has 41 heavy (non-hydrogen) atoms. The van der Waals surface area contributed by atoms with Gasteiger partial charge in [0.2, 0.25) is 0 Å². The Bertz CT molecular complexity index is 1360. The smallest absolute Gasteiger partial charge is 0.332 e. The first-order valence-corrected chi connectivity index (χ1v) is 15.0. The lowest BCUT2D eigenvalue weighted by molar-refractivity contribution is -0.168. The normalized spacial score (nSPS) is 21.3. The van der Waals surface area contributed by atoms with Gasteiger partial charge in [-0.3, -0.25) is 14.8 Å². The fourth-order valence-electron chi connectivity index (χ4n) is 5.89. The van der Waals surface area contributed by atoms with E-state index in [1.807, 2.05) is 38.3 Å². The highest BCUT2D eigenvalue weighted by molar-refractivity contribution is 7.07. The zero-order valence-electron chi connectivity index (χ0n) is 25.6. The number of hydrogen-bond donors (Lipinski definition) is 0. The molecular weight excluding hydrogens is 536 g/mol. The minimum absolute atomic E-state index is 0.0901. The Morgan fingerprint density at radius 3 is 2.37 bits per heavy atom. The predicted molar refractivity (Wildman–Crippen MR) is 160 cm³/mol. The van der Waals surface area contributed by atoms with Crippen molar-refractivity contribution in [3.8, 4) is 5.75 Å². The average molecular weight is 579 g/mol. The van der Waals surface area contributed by atoms with E-state index in [0.717, 1.165) is 5.56 Å². The Morgan fingerprint density at radius 1 is 1.10 bits per heavy atom. The Labute approximate surface area is 247 Å². The van der Waals surface area contributed by atoms with Crippen LogP contribution in [0.4, 0.5) is 0 Å². The van der Waals surface area contributed by atoms with Crippen LogP contribution in [-0.4, -0.2) is 50.0 Å². The zero-order chi connectivity index (χ0) is 30.2. The lowest BCUT2D eigenvalue weighted by atomic mass is 9.82. The van der Waals surface area contributed by atoms with Crippen molar-refractivity contribution in [3.63, 3.8) is 0 Å². The molecule has 1 saturated heterocycles. The lowest BCUT2D eigenvalue weighted by Crippen LogP contribution is -2.56. The Kier molecular flexibility index (Phi) is 8.60. The Balaban J connectivity index is 1.97. The number of hydrogen-bond acceptors (Lipinski definition) is 8. The molecule has 3 atom stereocenters. The molecule has 1 aliphatic rings. The molecule has 3 aromatic rings. The third-order valence-corrected chi connectivity index (χ3v) is 8.00. The van der Waals surface area contributed by atoms with E-state index in [2.05, 4.69) is 49.6 Å². The first-order chi connectivity index (χ1) is 19.2. The summed E-state index contributed by atoms with van der Waals surface area (Å²) in [5.41, 5.74) is 2.42. The maximum absolute atomic E-state index is 14.8. The summed E-state index contributed by atoms with van der Waals surface area (Å²) in [7, 11) is 1.61. The van der Waals surface area contributed by atoms with E-state index in [1.165, 1.54) is 11.3 Å². The number of thiazole rings is 1. The highest BCUT2D eigenvalue weighted by Crippen LogP contribution is 2.54. The summed E-state index contributed by atoms with van der Waals surface area (Å²) in [5.74, 6) is -0.300. The van der Waals surface area contributed by atoms with Gasteiger partial charge >= 0.3 is 5.97 Å². The molecule has 0 radical (unpaired) electrons. The van der Waals surface area contributed by atoms with E-state index in [0.29, 0.717) is 35.5 Å². The average Bonchev–Trinajstić information content (AvgIpc) is 3.53. The van der Waals surface area contributed by atoms with E-state index < -0.39 is 23.2 Å². The van der Waals surface area contributed by atoms with Gasteiger partial charge in [-0.05, 0) is 62.6 Å². The molecule has 220 valence electrons. The van der Waals surface area contributed by atoms with Crippen molar-refractivity contribution in [1.82, 2.24) is 19.9 Å². The standard InChI is InChI=1S/C32H42N4O4S/c1-20(2)15-32(29(38)40-31(6,7)8)16-22(24-17-33-12-13-34-24)27(25-18-41-19-35-25)36(32)28(37)21-10-11-23(30(3,4)5)26(14-21)39-9/h10-14,17-20,22,27H,15-16H2,1-9H3/t22-,27-,32+/m1/s1. The molecular formula is C32H42N4O4S. The summed E-state index contributed by atoms with van der Waals surface area (Å²) < 4.78 is 11.8. The highest BCUT2D eigenvalue weighted by Gasteiger charge is 2.61. The molecule has 0 N–H and O–H groups in total. The number of esters is 1. The number of benzene rings is 1. The summed E-state index contributed by atoms with van der Waals surface area (Å²) in [6, 6.07) is 5.00. The molecule has 0 unspecified atom stereocenters. The van der Waals surface area contributed by atoms with Crippen molar-refractivity contribution in [2.75, 3.05) is 7.11 Å². The molecule has 0 spiro atoms. The van der Waals surface area contributed by atoms with Gasteiger partial charge in [0.25, 0.3) is 5.91 Å². The van der Waals surface area contributed by atoms with Crippen LogP contribution < -0.4 is 4.74 Å². The van der Waals surface area contributed by atoms with Crippen LogP contribution in [0.1, 0.15) is 108 Å². The molecule has 0 aliphatic carbocycles. The van der Waals surface area contributed by atoms with Crippen molar-refractivity contribution in [3.05, 3.63) is 70.2 Å². The zero-order valence-corrected chi connectivity index (χ0v) is 26.4. The number of nitrogens with zero attached hydrogens (tertiary/aromatic N) is 4. The number of rotatable bonds is 7. The lowest BCUT2D eigenvalue weighted by Gasteiger charge is -2.41. The monoisotopic (exact) mass is 578 g/mol. The van der Waals surface area contributed by atoms with Crippen molar-refractivity contribution in [2.24, 2.45) is 5.92 Å². The molecule has 3 heterocycles. The molecule has 0 saturated carbocycles. The molecule has 2 aromatic heterocycles. The number of aromatic nitrogens is 3. The Morgan fingerprint density at radius 2 is 1.83 bits per heavy atom. The third-order valence-electron chi connectivity index (χ3n) is 7.40. The highest BCUT2D eigenvalue weighted by atomic mass is 32.1. The number of carbonyl (C=O) groups is 2. The van der Waals surface area contributed by atoms with Crippen LogP contribution in [0.3, 0.4) is 0 Å². The van der Waals surface area contributed by atoms with Gasteiger partial charge < -0.3 is 14.4 Å². The number of likely N-dealkylation sites (tertiary alicyclic amines) is 1. The van der Waals surface area contributed by atoms with Gasteiger partial charge in [-0.25, -0.2) is 9.78 Å². The molecule has 4 rings (SSSR count). The number of methoxy groups -OCH3 is 1. The second-order valence-electron chi connectivity index (χ2n) is 13.3. The van der Waals surface area contributed by atoms with E-state index in [9.17, 15) is 9.59 Å². The van der Waals surface area contributed by atoms with E-state index in [-0.39, 0.29) is 23.2 Å². The first-order valence-electron chi connectivity index (χ1n) is 14.1. The fraction of sp³-hybridized carbons (Fsp3) is 0.531. The van der Waals surface area contributed by atoms with Gasteiger partial charge in [-0.1, -0.05) is 40.7 Å². The van der Waals surface area contributed by atoms with Gasteiger partial charge in [0.05, 0.1) is 30.1 Å². The fourth-order valence-corrected chi connectivity index (χ4v) is 6.48.